The van der Waals surface area contributed by atoms with Crippen LogP contribution in [-0.4, -0.2) is 5.84 Å². The molecule has 3 nitrogen and oxygen atoms in total. The van der Waals surface area contributed by atoms with Crippen LogP contribution in [0.1, 0.15) is 86.6 Å². The molecule has 0 saturated carbocycles. The van der Waals surface area contributed by atoms with Gasteiger partial charge in [0.05, 0.1) is 0 Å². The molecule has 0 spiro atoms. The van der Waals surface area contributed by atoms with Gasteiger partial charge in [-0.2, -0.15) is 0 Å². The molecule has 0 aliphatic heterocycles. The Labute approximate surface area is 223 Å². The first-order valence-electron chi connectivity index (χ1n) is 13.3. The lowest BCUT2D eigenvalue weighted by Gasteiger charge is -2.23. The fourth-order valence-corrected chi connectivity index (χ4v) is 5.18. The first-order valence-corrected chi connectivity index (χ1v) is 13.3. The van der Waals surface area contributed by atoms with Crippen LogP contribution in [0.5, 0.6) is 0 Å². The molecule has 2 aliphatic rings. The largest absolute Gasteiger partial charge is 0.281 e. The second-order valence-corrected chi connectivity index (χ2v) is 10.2. The Hall–Kier alpha value is -3.59. The van der Waals surface area contributed by atoms with E-state index in [9.17, 15) is 0 Å². The van der Waals surface area contributed by atoms with Crippen molar-refractivity contribution in [2.75, 3.05) is 0 Å². The summed E-state index contributed by atoms with van der Waals surface area (Å²) >= 11 is 0. The van der Waals surface area contributed by atoms with E-state index < -0.39 is 0 Å². The SMILES string of the molecule is C=CC=CC/C1=C(\C)CCc2ccccc2C(C)C1.CC1=C(c2cc(C(=N)N=N)ccc2C)C=CCC1. The molecule has 192 valence electrons. The van der Waals surface area contributed by atoms with Gasteiger partial charge in [-0.3, -0.25) is 5.41 Å². The Kier molecular flexibility index (Phi) is 10.3. The molecule has 2 aromatic carbocycles. The van der Waals surface area contributed by atoms with E-state index in [1.165, 1.54) is 41.5 Å². The molecular formula is C34H41N3. The molecular weight excluding hydrogens is 450 g/mol. The van der Waals surface area contributed by atoms with Gasteiger partial charge in [0.25, 0.3) is 0 Å². The molecule has 1 atom stereocenters. The normalized spacial score (nSPS) is 19.4. The second kappa shape index (κ2) is 13.6. The molecule has 37 heavy (non-hydrogen) atoms. The van der Waals surface area contributed by atoms with Gasteiger partial charge in [0.2, 0.25) is 0 Å². The minimum Gasteiger partial charge on any atom is -0.281 e. The third-order valence-electron chi connectivity index (χ3n) is 7.49. The lowest BCUT2D eigenvalue weighted by Crippen LogP contribution is -2.06. The van der Waals surface area contributed by atoms with Crippen LogP contribution in [-0.2, 0) is 6.42 Å². The van der Waals surface area contributed by atoms with Crippen LogP contribution in [0.2, 0.25) is 0 Å². The van der Waals surface area contributed by atoms with Crippen LogP contribution in [0.4, 0.5) is 0 Å². The summed E-state index contributed by atoms with van der Waals surface area (Å²) in [5.74, 6) is 0.632. The maximum absolute atomic E-state index is 7.62. The minimum atomic E-state index is 0.00860. The number of fused-ring (bicyclic) bond motifs is 1. The maximum Gasteiger partial charge on any atom is 0.173 e. The summed E-state index contributed by atoms with van der Waals surface area (Å²) < 4.78 is 0. The zero-order valence-electron chi connectivity index (χ0n) is 22.9. The van der Waals surface area contributed by atoms with Crippen molar-refractivity contribution in [1.82, 2.24) is 0 Å². The second-order valence-electron chi connectivity index (χ2n) is 10.2. The van der Waals surface area contributed by atoms with Crippen LogP contribution in [0.25, 0.3) is 5.57 Å². The number of hydrogen-bond acceptors (Lipinski definition) is 2. The molecule has 1 unspecified atom stereocenters. The number of aryl methyl sites for hydroxylation is 2. The van der Waals surface area contributed by atoms with Gasteiger partial charge in [0.15, 0.2) is 5.84 Å². The fourth-order valence-electron chi connectivity index (χ4n) is 5.18. The van der Waals surface area contributed by atoms with Crippen molar-refractivity contribution in [3.8, 4) is 0 Å². The number of rotatable bonds is 5. The highest BCUT2D eigenvalue weighted by Gasteiger charge is 2.16. The predicted octanol–water partition coefficient (Wildman–Crippen LogP) is 10.1. The maximum atomic E-state index is 7.62. The Morgan fingerprint density at radius 2 is 1.84 bits per heavy atom. The van der Waals surface area contributed by atoms with E-state index in [0.717, 1.165) is 24.8 Å². The van der Waals surface area contributed by atoms with Gasteiger partial charge in [-0.15, -0.1) is 5.11 Å². The standard InChI is InChI=1S/C19H24.C15H17N3/c1-4-5-6-10-18-14-16(3)19-11-8-7-9-17(19)13-12-15(18)2;1-10-5-3-4-6-13(10)14-9-12(15(16)18-17)8-7-11(14)2/h4-9,11,16H,1,10,12-14H2,2-3H3;4,6-9,16-17H,3,5H2,1-2H3/b6-5?,18-15-;. The first kappa shape index (κ1) is 28.0. The molecule has 0 aromatic heterocycles. The summed E-state index contributed by atoms with van der Waals surface area (Å²) in [5.41, 5.74) is 18.9. The van der Waals surface area contributed by atoms with E-state index in [2.05, 4.69) is 88.0 Å². The van der Waals surface area contributed by atoms with E-state index in [1.807, 2.05) is 24.3 Å². The molecule has 0 radical (unpaired) electrons. The zero-order chi connectivity index (χ0) is 26.8. The van der Waals surface area contributed by atoms with Crippen LogP contribution in [0.3, 0.4) is 0 Å². The number of nitrogens with one attached hydrogen (secondary N) is 2. The average molecular weight is 492 g/mol. The third-order valence-corrected chi connectivity index (χ3v) is 7.49. The first-order chi connectivity index (χ1) is 17.8. The minimum absolute atomic E-state index is 0.00860. The molecule has 0 heterocycles. The lowest BCUT2D eigenvalue weighted by molar-refractivity contribution is 0.695. The molecule has 2 aromatic rings. The van der Waals surface area contributed by atoms with Crippen molar-refractivity contribution in [2.45, 2.75) is 72.1 Å². The van der Waals surface area contributed by atoms with E-state index in [-0.39, 0.29) is 5.84 Å². The summed E-state index contributed by atoms with van der Waals surface area (Å²) in [4.78, 5) is 0. The Balaban J connectivity index is 0.000000206. The molecule has 0 amide bonds. The zero-order valence-corrected chi connectivity index (χ0v) is 22.9. The Morgan fingerprint density at radius 1 is 1.05 bits per heavy atom. The molecule has 4 rings (SSSR count). The highest BCUT2D eigenvalue weighted by molar-refractivity contribution is 5.97. The smallest absolute Gasteiger partial charge is 0.173 e. The van der Waals surface area contributed by atoms with Crippen molar-refractivity contribution in [3.05, 3.63) is 124 Å². The van der Waals surface area contributed by atoms with E-state index in [4.69, 9.17) is 10.9 Å². The molecule has 0 bridgehead atoms. The summed E-state index contributed by atoms with van der Waals surface area (Å²) in [5, 5.41) is 10.8. The Bertz CT molecular complexity index is 1270. The summed E-state index contributed by atoms with van der Waals surface area (Å²) in [6.07, 6.45) is 17.3. The predicted molar refractivity (Wildman–Crippen MR) is 159 cm³/mol. The van der Waals surface area contributed by atoms with E-state index in [0.29, 0.717) is 11.5 Å². The van der Waals surface area contributed by atoms with Crippen molar-refractivity contribution >= 4 is 11.4 Å². The van der Waals surface area contributed by atoms with Gasteiger partial charge in [-0.1, -0.05) is 97.0 Å². The molecule has 2 aliphatic carbocycles. The average Bonchev–Trinajstić information content (AvgIpc) is 2.91. The summed E-state index contributed by atoms with van der Waals surface area (Å²) in [7, 11) is 0. The van der Waals surface area contributed by atoms with Crippen molar-refractivity contribution in [3.63, 3.8) is 0 Å². The highest BCUT2D eigenvalue weighted by Crippen LogP contribution is 2.33. The number of hydrogen-bond donors (Lipinski definition) is 2. The monoisotopic (exact) mass is 491 g/mol. The molecule has 2 N–H and O–H groups in total. The lowest BCUT2D eigenvalue weighted by atomic mass is 9.82. The van der Waals surface area contributed by atoms with Crippen LogP contribution < -0.4 is 0 Å². The third kappa shape index (κ3) is 7.45. The van der Waals surface area contributed by atoms with Crippen LogP contribution in [0, 0.1) is 17.9 Å². The number of nitrogens with zero attached hydrogens (tertiary/aromatic N) is 1. The molecule has 3 heteroatoms. The fraction of sp³-hybridized carbons (Fsp3) is 0.324. The quantitative estimate of drug-likeness (QED) is 0.137. The van der Waals surface area contributed by atoms with Gasteiger partial charge in [-0.05, 0) is 99.1 Å². The number of benzene rings is 2. The van der Waals surface area contributed by atoms with Crippen molar-refractivity contribution in [1.29, 1.82) is 10.9 Å². The van der Waals surface area contributed by atoms with Gasteiger partial charge < -0.3 is 0 Å². The van der Waals surface area contributed by atoms with Crippen molar-refractivity contribution < 1.29 is 0 Å². The highest BCUT2D eigenvalue weighted by atomic mass is 15.0. The van der Waals surface area contributed by atoms with Crippen LogP contribution >= 0.6 is 0 Å². The summed E-state index contributed by atoms with van der Waals surface area (Å²) in [6, 6.07) is 14.7. The van der Waals surface area contributed by atoms with Gasteiger partial charge >= 0.3 is 0 Å². The molecule has 0 fully saturated rings. The van der Waals surface area contributed by atoms with E-state index >= 15 is 0 Å². The van der Waals surface area contributed by atoms with Crippen LogP contribution in [0.15, 0.2) is 101 Å². The topological polar surface area (TPSA) is 60.1 Å². The molecule has 0 saturated heterocycles. The summed E-state index contributed by atoms with van der Waals surface area (Å²) in [6.45, 7) is 12.6. The van der Waals surface area contributed by atoms with Gasteiger partial charge in [0, 0.05) is 5.56 Å². The number of amidine groups is 1. The van der Waals surface area contributed by atoms with Crippen molar-refractivity contribution in [2.24, 2.45) is 5.11 Å². The van der Waals surface area contributed by atoms with E-state index in [1.54, 1.807) is 16.7 Å². The number of allylic oxidation sites excluding steroid dienone is 9. The van der Waals surface area contributed by atoms with Gasteiger partial charge in [0.1, 0.15) is 0 Å². The Morgan fingerprint density at radius 3 is 2.57 bits per heavy atom. The van der Waals surface area contributed by atoms with Gasteiger partial charge in [-0.25, -0.2) is 5.53 Å².